The van der Waals surface area contributed by atoms with Crippen molar-refractivity contribution in [2.45, 2.75) is 19.4 Å². The summed E-state index contributed by atoms with van der Waals surface area (Å²) in [6.07, 6.45) is 5.58. The van der Waals surface area contributed by atoms with Crippen molar-refractivity contribution in [3.8, 4) is 0 Å². The standard InChI is InChI=1S/C21H24N4O2/c26-20(23-15-16-2-1-9-22-14-16)17-5-7-19(8-6-17)24-10-12-25(13-11-24)21(27)18-3-4-18/h1-2,5-9,14,18H,3-4,10-13,15H2,(H,23,26). The van der Waals surface area contributed by atoms with Crippen molar-refractivity contribution in [3.63, 3.8) is 0 Å². The summed E-state index contributed by atoms with van der Waals surface area (Å²) >= 11 is 0. The number of hydrogen-bond donors (Lipinski definition) is 1. The molecular weight excluding hydrogens is 340 g/mol. The topological polar surface area (TPSA) is 65.5 Å². The third kappa shape index (κ3) is 4.27. The van der Waals surface area contributed by atoms with Crippen LogP contribution in [-0.2, 0) is 11.3 Å². The number of benzene rings is 1. The van der Waals surface area contributed by atoms with Crippen LogP contribution in [0.1, 0.15) is 28.8 Å². The van der Waals surface area contributed by atoms with Crippen LogP contribution < -0.4 is 10.2 Å². The molecule has 4 rings (SSSR count). The van der Waals surface area contributed by atoms with Crippen molar-refractivity contribution in [2.24, 2.45) is 5.92 Å². The fourth-order valence-electron chi connectivity index (χ4n) is 3.38. The quantitative estimate of drug-likeness (QED) is 0.882. The largest absolute Gasteiger partial charge is 0.368 e. The number of nitrogens with one attached hydrogen (secondary N) is 1. The number of aromatic nitrogens is 1. The molecule has 1 saturated heterocycles. The zero-order valence-corrected chi connectivity index (χ0v) is 15.3. The summed E-state index contributed by atoms with van der Waals surface area (Å²) in [7, 11) is 0. The molecule has 0 spiro atoms. The van der Waals surface area contributed by atoms with Gasteiger partial charge in [-0.05, 0) is 48.7 Å². The summed E-state index contributed by atoms with van der Waals surface area (Å²) in [6, 6.07) is 11.5. The first-order valence-corrected chi connectivity index (χ1v) is 9.51. The van der Waals surface area contributed by atoms with Crippen molar-refractivity contribution >= 4 is 17.5 Å². The van der Waals surface area contributed by atoms with Crippen LogP contribution >= 0.6 is 0 Å². The van der Waals surface area contributed by atoms with Crippen LogP contribution in [0.25, 0.3) is 0 Å². The molecule has 6 heteroatoms. The zero-order valence-electron chi connectivity index (χ0n) is 15.3. The third-order valence-corrected chi connectivity index (χ3v) is 5.19. The lowest BCUT2D eigenvalue weighted by Gasteiger charge is -2.36. The minimum Gasteiger partial charge on any atom is -0.368 e. The third-order valence-electron chi connectivity index (χ3n) is 5.19. The van der Waals surface area contributed by atoms with Gasteiger partial charge in [0.25, 0.3) is 5.91 Å². The molecule has 2 aromatic rings. The van der Waals surface area contributed by atoms with E-state index in [1.807, 2.05) is 41.3 Å². The molecule has 140 valence electrons. The van der Waals surface area contributed by atoms with Gasteiger partial charge in [0.1, 0.15) is 0 Å². The van der Waals surface area contributed by atoms with E-state index in [0.717, 1.165) is 50.3 Å². The van der Waals surface area contributed by atoms with Crippen LogP contribution in [-0.4, -0.2) is 47.9 Å². The Morgan fingerprint density at radius 1 is 1.04 bits per heavy atom. The highest BCUT2D eigenvalue weighted by atomic mass is 16.2. The molecule has 1 aromatic carbocycles. The zero-order chi connectivity index (χ0) is 18.6. The molecule has 1 aromatic heterocycles. The summed E-state index contributed by atoms with van der Waals surface area (Å²) in [5, 5.41) is 2.91. The summed E-state index contributed by atoms with van der Waals surface area (Å²) < 4.78 is 0. The Morgan fingerprint density at radius 2 is 1.78 bits per heavy atom. The molecule has 0 unspecified atom stereocenters. The molecule has 1 aliphatic heterocycles. The van der Waals surface area contributed by atoms with Gasteiger partial charge in [-0.15, -0.1) is 0 Å². The molecule has 2 fully saturated rings. The van der Waals surface area contributed by atoms with Gasteiger partial charge in [-0.1, -0.05) is 6.07 Å². The van der Waals surface area contributed by atoms with Gasteiger partial charge in [-0.2, -0.15) is 0 Å². The minimum absolute atomic E-state index is 0.0924. The Hall–Kier alpha value is -2.89. The molecule has 0 radical (unpaired) electrons. The molecule has 0 bridgehead atoms. The number of piperazine rings is 1. The SMILES string of the molecule is O=C(NCc1cccnc1)c1ccc(N2CCN(C(=O)C3CC3)CC2)cc1. The van der Waals surface area contributed by atoms with Crippen LogP contribution in [0.4, 0.5) is 5.69 Å². The Morgan fingerprint density at radius 3 is 2.41 bits per heavy atom. The molecule has 2 aliphatic rings. The average Bonchev–Trinajstić information content (AvgIpc) is 3.58. The van der Waals surface area contributed by atoms with Crippen molar-refractivity contribution in [1.82, 2.24) is 15.2 Å². The van der Waals surface area contributed by atoms with Crippen molar-refractivity contribution < 1.29 is 9.59 Å². The van der Waals surface area contributed by atoms with Crippen molar-refractivity contribution in [1.29, 1.82) is 0 Å². The van der Waals surface area contributed by atoms with E-state index < -0.39 is 0 Å². The second kappa shape index (κ2) is 7.78. The maximum atomic E-state index is 12.3. The van der Waals surface area contributed by atoms with Gasteiger partial charge in [-0.25, -0.2) is 0 Å². The fourth-order valence-corrected chi connectivity index (χ4v) is 3.38. The number of amides is 2. The number of rotatable bonds is 5. The number of pyridine rings is 1. The number of hydrogen-bond acceptors (Lipinski definition) is 4. The predicted molar refractivity (Wildman–Crippen MR) is 103 cm³/mol. The molecule has 6 nitrogen and oxygen atoms in total. The second-order valence-electron chi connectivity index (χ2n) is 7.18. The lowest BCUT2D eigenvalue weighted by atomic mass is 10.1. The van der Waals surface area contributed by atoms with Crippen molar-refractivity contribution in [2.75, 3.05) is 31.1 Å². The minimum atomic E-state index is -0.0924. The monoisotopic (exact) mass is 364 g/mol. The highest BCUT2D eigenvalue weighted by Crippen LogP contribution is 2.31. The second-order valence-corrected chi connectivity index (χ2v) is 7.18. The Balaban J connectivity index is 1.29. The van der Waals surface area contributed by atoms with E-state index in [1.165, 1.54) is 0 Å². The first kappa shape index (κ1) is 17.5. The van der Waals surface area contributed by atoms with Crippen molar-refractivity contribution in [3.05, 3.63) is 59.9 Å². The van der Waals surface area contributed by atoms with Gasteiger partial charge in [0, 0.05) is 62.3 Å². The van der Waals surface area contributed by atoms with Gasteiger partial charge < -0.3 is 15.1 Å². The number of carbonyl (C=O) groups excluding carboxylic acids is 2. The Bertz CT molecular complexity index is 795. The van der Waals surface area contributed by atoms with E-state index in [0.29, 0.717) is 23.9 Å². The molecular formula is C21H24N4O2. The van der Waals surface area contributed by atoms with E-state index in [4.69, 9.17) is 0 Å². The van der Waals surface area contributed by atoms with E-state index in [2.05, 4.69) is 15.2 Å². The van der Waals surface area contributed by atoms with E-state index >= 15 is 0 Å². The average molecular weight is 364 g/mol. The molecule has 0 atom stereocenters. The summed E-state index contributed by atoms with van der Waals surface area (Å²) in [5.74, 6) is 0.529. The first-order valence-electron chi connectivity index (χ1n) is 9.51. The van der Waals surface area contributed by atoms with Gasteiger partial charge in [-0.3, -0.25) is 14.6 Å². The fraction of sp³-hybridized carbons (Fsp3) is 0.381. The molecule has 1 N–H and O–H groups in total. The van der Waals surface area contributed by atoms with Crippen LogP contribution in [0.15, 0.2) is 48.8 Å². The normalized spacial score (nSPS) is 16.9. The van der Waals surface area contributed by atoms with Crippen LogP contribution in [0, 0.1) is 5.92 Å². The van der Waals surface area contributed by atoms with E-state index in [9.17, 15) is 9.59 Å². The highest BCUT2D eigenvalue weighted by molar-refractivity contribution is 5.94. The first-order chi connectivity index (χ1) is 13.2. The maximum absolute atomic E-state index is 12.3. The molecule has 2 heterocycles. The van der Waals surface area contributed by atoms with E-state index in [1.54, 1.807) is 12.4 Å². The number of anilines is 1. The Labute approximate surface area is 159 Å². The smallest absolute Gasteiger partial charge is 0.251 e. The summed E-state index contributed by atoms with van der Waals surface area (Å²) in [5.41, 5.74) is 2.71. The van der Waals surface area contributed by atoms with E-state index in [-0.39, 0.29) is 5.91 Å². The lowest BCUT2D eigenvalue weighted by Crippen LogP contribution is -2.49. The van der Waals surface area contributed by atoms with Crippen LogP contribution in [0.3, 0.4) is 0 Å². The van der Waals surface area contributed by atoms with Crippen LogP contribution in [0.2, 0.25) is 0 Å². The van der Waals surface area contributed by atoms with Gasteiger partial charge >= 0.3 is 0 Å². The molecule has 2 amide bonds. The predicted octanol–water partition coefficient (Wildman–Crippen LogP) is 2.07. The molecule has 27 heavy (non-hydrogen) atoms. The van der Waals surface area contributed by atoms with Gasteiger partial charge in [0.05, 0.1) is 0 Å². The number of carbonyl (C=O) groups is 2. The number of nitrogens with zero attached hydrogens (tertiary/aromatic N) is 3. The highest BCUT2D eigenvalue weighted by Gasteiger charge is 2.34. The summed E-state index contributed by atoms with van der Waals surface area (Å²) in [6.45, 7) is 3.70. The van der Waals surface area contributed by atoms with Gasteiger partial charge in [0.15, 0.2) is 0 Å². The lowest BCUT2D eigenvalue weighted by molar-refractivity contribution is -0.132. The summed E-state index contributed by atoms with van der Waals surface area (Å²) in [4.78, 5) is 32.8. The maximum Gasteiger partial charge on any atom is 0.251 e. The Kier molecular flexibility index (Phi) is 5.05. The van der Waals surface area contributed by atoms with Crippen LogP contribution in [0.5, 0.6) is 0 Å². The molecule has 1 saturated carbocycles. The molecule has 1 aliphatic carbocycles. The van der Waals surface area contributed by atoms with Gasteiger partial charge in [0.2, 0.25) is 5.91 Å².